The van der Waals surface area contributed by atoms with Crippen molar-refractivity contribution in [3.63, 3.8) is 0 Å². The number of rotatable bonds is 3. The van der Waals surface area contributed by atoms with Gasteiger partial charge < -0.3 is 5.32 Å². The van der Waals surface area contributed by atoms with Gasteiger partial charge >= 0.3 is 0 Å². The molecule has 1 N–H and O–H groups in total. The minimum atomic E-state index is -0.733. The van der Waals surface area contributed by atoms with E-state index in [9.17, 15) is 8.78 Å². The number of hydrogen-bond donors (Lipinski definition) is 1. The maximum absolute atomic E-state index is 14.4. The first-order valence-corrected chi connectivity index (χ1v) is 8.04. The molecule has 6 heteroatoms. The molecular weight excluding hydrogens is 326 g/mol. The van der Waals surface area contributed by atoms with Crippen molar-refractivity contribution in [2.24, 2.45) is 0 Å². The second kappa shape index (κ2) is 7.51. The molecule has 22 heavy (non-hydrogen) atoms. The first-order chi connectivity index (χ1) is 10.2. The summed E-state index contributed by atoms with van der Waals surface area (Å²) in [5, 5.41) is 7.29. The molecule has 1 aliphatic heterocycles. The molecule has 1 aromatic carbocycles. The molecule has 1 fully saturated rings. The van der Waals surface area contributed by atoms with Crippen LogP contribution in [0.25, 0.3) is 0 Å². The van der Waals surface area contributed by atoms with Gasteiger partial charge in [0.1, 0.15) is 0 Å². The van der Waals surface area contributed by atoms with Gasteiger partial charge in [-0.15, -0.1) is 12.4 Å². The molecular formula is C16H19ClF2N2S. The van der Waals surface area contributed by atoms with Crippen molar-refractivity contribution >= 4 is 23.7 Å². The Labute approximate surface area is 139 Å². The highest BCUT2D eigenvalue weighted by Crippen LogP contribution is 2.33. The predicted molar refractivity (Wildman–Crippen MR) is 88.9 cm³/mol. The van der Waals surface area contributed by atoms with Gasteiger partial charge in [-0.1, -0.05) is 12.1 Å². The van der Waals surface area contributed by atoms with Crippen LogP contribution >= 0.6 is 23.7 Å². The Bertz CT molecular complexity index is 613. The van der Waals surface area contributed by atoms with Gasteiger partial charge in [-0.25, -0.2) is 8.78 Å². The highest BCUT2D eigenvalue weighted by molar-refractivity contribution is 7.08. The summed E-state index contributed by atoms with van der Waals surface area (Å²) in [4.78, 5) is 2.21. The Morgan fingerprint density at radius 1 is 1.14 bits per heavy atom. The zero-order chi connectivity index (χ0) is 14.8. The third-order valence-electron chi connectivity index (χ3n) is 3.98. The number of halogens is 3. The molecule has 2 aromatic rings. The van der Waals surface area contributed by atoms with Crippen LogP contribution in [0.4, 0.5) is 8.78 Å². The molecule has 0 radical (unpaired) electrons. The third-order valence-corrected chi connectivity index (χ3v) is 4.68. The van der Waals surface area contributed by atoms with Crippen LogP contribution in [-0.2, 0) is 0 Å². The molecule has 0 unspecified atom stereocenters. The largest absolute Gasteiger partial charge is 0.314 e. The fourth-order valence-corrected chi connectivity index (χ4v) is 3.51. The van der Waals surface area contributed by atoms with E-state index >= 15 is 0 Å². The van der Waals surface area contributed by atoms with Gasteiger partial charge in [-0.2, -0.15) is 11.3 Å². The van der Waals surface area contributed by atoms with Crippen molar-refractivity contribution in [3.05, 3.63) is 57.3 Å². The van der Waals surface area contributed by atoms with Crippen molar-refractivity contribution in [1.29, 1.82) is 0 Å². The summed E-state index contributed by atoms with van der Waals surface area (Å²) in [5.74, 6) is -1.45. The van der Waals surface area contributed by atoms with Crippen LogP contribution in [0.3, 0.4) is 0 Å². The summed E-state index contributed by atoms with van der Waals surface area (Å²) in [6, 6.07) is 5.16. The third kappa shape index (κ3) is 3.33. The van der Waals surface area contributed by atoms with Crippen LogP contribution in [0, 0.1) is 18.6 Å². The van der Waals surface area contributed by atoms with Gasteiger partial charge in [0, 0.05) is 31.7 Å². The molecule has 1 aliphatic rings. The Hall–Kier alpha value is -1.01. The monoisotopic (exact) mass is 344 g/mol. The molecule has 3 rings (SSSR count). The summed E-state index contributed by atoms with van der Waals surface area (Å²) >= 11 is 1.58. The molecule has 2 nitrogen and oxygen atoms in total. The summed E-state index contributed by atoms with van der Waals surface area (Å²) in [6.07, 6.45) is 0. The Balaban J connectivity index is 0.00000176. The number of aryl methyl sites for hydroxylation is 1. The smallest absolute Gasteiger partial charge is 0.164 e. The normalized spacial score (nSPS) is 17.0. The zero-order valence-electron chi connectivity index (χ0n) is 12.3. The van der Waals surface area contributed by atoms with E-state index in [4.69, 9.17) is 0 Å². The van der Waals surface area contributed by atoms with Crippen molar-refractivity contribution < 1.29 is 8.78 Å². The zero-order valence-corrected chi connectivity index (χ0v) is 13.9. The van der Waals surface area contributed by atoms with Gasteiger partial charge in [-0.05, 0) is 34.9 Å². The lowest BCUT2D eigenvalue weighted by atomic mass is 9.97. The Kier molecular flexibility index (Phi) is 5.92. The lowest BCUT2D eigenvalue weighted by Gasteiger charge is -2.35. The number of nitrogens with zero attached hydrogens (tertiary/aromatic N) is 1. The average molecular weight is 345 g/mol. The number of nitrogens with one attached hydrogen (secondary N) is 1. The summed E-state index contributed by atoms with van der Waals surface area (Å²) in [5.41, 5.74) is 1.81. The molecule has 0 amide bonds. The lowest BCUT2D eigenvalue weighted by Crippen LogP contribution is -2.45. The van der Waals surface area contributed by atoms with E-state index in [1.165, 1.54) is 0 Å². The SMILES string of the molecule is Cc1ccc([C@@H](c2ccsc2)N2CCNCC2)c(F)c1F.Cl. The maximum Gasteiger partial charge on any atom is 0.164 e. The molecule has 1 aromatic heterocycles. The Morgan fingerprint density at radius 2 is 1.86 bits per heavy atom. The van der Waals surface area contributed by atoms with E-state index in [0.29, 0.717) is 11.1 Å². The van der Waals surface area contributed by atoms with E-state index in [2.05, 4.69) is 10.2 Å². The van der Waals surface area contributed by atoms with Crippen molar-refractivity contribution in [2.45, 2.75) is 13.0 Å². The van der Waals surface area contributed by atoms with E-state index in [1.54, 1.807) is 30.4 Å². The molecule has 120 valence electrons. The molecule has 1 atom stereocenters. The van der Waals surface area contributed by atoms with Gasteiger partial charge in [0.05, 0.1) is 6.04 Å². The van der Waals surface area contributed by atoms with E-state index in [-0.39, 0.29) is 18.4 Å². The van der Waals surface area contributed by atoms with Gasteiger partial charge in [0.15, 0.2) is 11.6 Å². The summed E-state index contributed by atoms with van der Waals surface area (Å²) in [6.45, 7) is 4.99. The molecule has 1 saturated heterocycles. The second-order valence-electron chi connectivity index (χ2n) is 5.34. The molecule has 0 bridgehead atoms. The van der Waals surface area contributed by atoms with Crippen LogP contribution in [0.2, 0.25) is 0 Å². The van der Waals surface area contributed by atoms with Crippen LogP contribution in [0.1, 0.15) is 22.7 Å². The quantitative estimate of drug-likeness (QED) is 0.912. The minimum absolute atomic E-state index is 0. The minimum Gasteiger partial charge on any atom is -0.314 e. The van der Waals surface area contributed by atoms with Crippen LogP contribution < -0.4 is 5.32 Å². The first kappa shape index (κ1) is 17.3. The first-order valence-electron chi connectivity index (χ1n) is 7.10. The van der Waals surface area contributed by atoms with Gasteiger partial charge in [0.2, 0.25) is 0 Å². The van der Waals surface area contributed by atoms with Crippen molar-refractivity contribution in [3.8, 4) is 0 Å². The molecule has 2 heterocycles. The Morgan fingerprint density at radius 3 is 2.50 bits per heavy atom. The van der Waals surface area contributed by atoms with Crippen molar-refractivity contribution in [2.75, 3.05) is 26.2 Å². The average Bonchev–Trinajstić information content (AvgIpc) is 3.03. The van der Waals surface area contributed by atoms with Crippen molar-refractivity contribution in [1.82, 2.24) is 10.2 Å². The van der Waals surface area contributed by atoms with Crippen LogP contribution in [-0.4, -0.2) is 31.1 Å². The predicted octanol–water partition coefficient (Wildman–Crippen LogP) is 3.75. The van der Waals surface area contributed by atoms with E-state index in [1.807, 2.05) is 16.8 Å². The highest BCUT2D eigenvalue weighted by atomic mass is 35.5. The fraction of sp³-hybridized carbons (Fsp3) is 0.375. The maximum atomic E-state index is 14.4. The van der Waals surface area contributed by atoms with Gasteiger partial charge in [-0.3, -0.25) is 4.90 Å². The molecule has 0 aliphatic carbocycles. The number of benzene rings is 1. The fourth-order valence-electron chi connectivity index (χ4n) is 2.83. The van der Waals surface area contributed by atoms with E-state index in [0.717, 1.165) is 31.7 Å². The highest BCUT2D eigenvalue weighted by Gasteiger charge is 2.28. The topological polar surface area (TPSA) is 15.3 Å². The second-order valence-corrected chi connectivity index (χ2v) is 6.12. The summed E-state index contributed by atoms with van der Waals surface area (Å²) in [7, 11) is 0. The number of hydrogen-bond acceptors (Lipinski definition) is 3. The lowest BCUT2D eigenvalue weighted by molar-refractivity contribution is 0.195. The van der Waals surface area contributed by atoms with Crippen LogP contribution in [0.5, 0.6) is 0 Å². The standard InChI is InChI=1S/C16H18F2N2S.ClH/c1-11-2-3-13(15(18)14(11)17)16(12-4-9-21-10-12)20-7-5-19-6-8-20;/h2-4,9-10,16,19H,5-8H2,1H3;1H/t16-;/m1./s1. The van der Waals surface area contributed by atoms with Crippen LogP contribution in [0.15, 0.2) is 29.0 Å². The summed E-state index contributed by atoms with van der Waals surface area (Å²) < 4.78 is 28.4. The molecule has 0 saturated carbocycles. The van der Waals surface area contributed by atoms with E-state index < -0.39 is 11.6 Å². The van der Waals surface area contributed by atoms with Gasteiger partial charge in [0.25, 0.3) is 0 Å². The number of thiophene rings is 1. The number of piperazine rings is 1. The molecule has 0 spiro atoms.